The molecule has 2 N–H and O–H groups in total. The average molecular weight is 468 g/mol. The van der Waals surface area contributed by atoms with Crippen LogP contribution in [0.5, 0.6) is 0 Å². The number of fused-ring (bicyclic) bond motifs is 2. The van der Waals surface area contributed by atoms with Crippen molar-refractivity contribution in [3.63, 3.8) is 0 Å². The SMILES string of the molecule is O=C(Nc1cc(-c2cccs2)nn1-c1nc2c(c(=O)[nH]1)CCCC2)c1ccc2ccccc2c1. The lowest BCUT2D eigenvalue weighted by Crippen LogP contribution is -2.24. The molecule has 1 aliphatic rings. The summed E-state index contributed by atoms with van der Waals surface area (Å²) in [6.07, 6.45) is 3.51. The van der Waals surface area contributed by atoms with E-state index in [0.717, 1.165) is 52.6 Å². The zero-order valence-corrected chi connectivity index (χ0v) is 19.1. The van der Waals surface area contributed by atoms with Crippen LogP contribution in [0.1, 0.15) is 34.5 Å². The molecule has 0 saturated carbocycles. The maximum absolute atomic E-state index is 13.2. The minimum atomic E-state index is -0.259. The number of aromatic nitrogens is 4. The number of nitrogens with one attached hydrogen (secondary N) is 2. The maximum Gasteiger partial charge on any atom is 0.256 e. The Morgan fingerprint density at radius 2 is 1.85 bits per heavy atom. The van der Waals surface area contributed by atoms with Crippen molar-refractivity contribution in [1.82, 2.24) is 19.7 Å². The second kappa shape index (κ2) is 8.39. The standard InChI is InChI=1S/C26H21N5O2S/c32-24(18-12-11-16-6-1-2-7-17(16)14-18)28-23-15-21(22-10-5-13-34-22)30-31(23)26-27-20-9-4-3-8-19(20)25(33)29-26/h1-2,5-7,10-15H,3-4,8-9H2,(H,28,32)(H,27,29,33). The quantitative estimate of drug-likeness (QED) is 0.390. The summed E-state index contributed by atoms with van der Waals surface area (Å²) in [5.74, 6) is 0.493. The molecule has 8 heteroatoms. The molecule has 0 bridgehead atoms. The molecule has 0 aliphatic heterocycles. The van der Waals surface area contributed by atoms with E-state index < -0.39 is 0 Å². The van der Waals surface area contributed by atoms with Crippen molar-refractivity contribution >= 4 is 33.8 Å². The van der Waals surface area contributed by atoms with E-state index in [1.807, 2.05) is 60.0 Å². The van der Waals surface area contributed by atoms with Gasteiger partial charge in [0.25, 0.3) is 11.5 Å². The van der Waals surface area contributed by atoms with Gasteiger partial charge in [-0.1, -0.05) is 36.4 Å². The maximum atomic E-state index is 13.2. The number of rotatable bonds is 4. The van der Waals surface area contributed by atoms with Crippen LogP contribution in [0, 0.1) is 0 Å². The number of carbonyl (C=O) groups is 1. The van der Waals surface area contributed by atoms with E-state index in [0.29, 0.717) is 23.0 Å². The molecule has 6 rings (SSSR count). The Morgan fingerprint density at radius 1 is 1.00 bits per heavy atom. The van der Waals surface area contributed by atoms with Crippen LogP contribution in [0.4, 0.5) is 5.82 Å². The first kappa shape index (κ1) is 20.6. The lowest BCUT2D eigenvalue weighted by molar-refractivity contribution is 0.102. The number of nitrogens with zero attached hydrogens (tertiary/aromatic N) is 3. The Hall–Kier alpha value is -4.04. The Morgan fingerprint density at radius 3 is 2.71 bits per heavy atom. The highest BCUT2D eigenvalue weighted by Crippen LogP contribution is 2.28. The number of hydrogen-bond acceptors (Lipinski definition) is 5. The minimum absolute atomic E-state index is 0.139. The number of H-pyrrole nitrogens is 1. The van der Waals surface area contributed by atoms with Crippen molar-refractivity contribution in [1.29, 1.82) is 0 Å². The number of aromatic amines is 1. The summed E-state index contributed by atoms with van der Waals surface area (Å²) in [5.41, 5.74) is 2.66. The fourth-order valence-electron chi connectivity index (χ4n) is 4.39. The largest absolute Gasteiger partial charge is 0.306 e. The molecule has 7 nitrogen and oxygen atoms in total. The third-order valence-corrected chi connectivity index (χ3v) is 7.01. The van der Waals surface area contributed by atoms with E-state index in [-0.39, 0.29) is 11.5 Å². The van der Waals surface area contributed by atoms with Crippen molar-refractivity contribution < 1.29 is 4.79 Å². The van der Waals surface area contributed by atoms with Gasteiger partial charge >= 0.3 is 0 Å². The molecule has 34 heavy (non-hydrogen) atoms. The average Bonchev–Trinajstić information content (AvgIpc) is 3.54. The van der Waals surface area contributed by atoms with E-state index in [1.165, 1.54) is 4.68 Å². The molecule has 5 aromatic rings. The molecule has 0 atom stereocenters. The van der Waals surface area contributed by atoms with Crippen molar-refractivity contribution in [3.8, 4) is 16.5 Å². The zero-order chi connectivity index (χ0) is 23.1. The van der Waals surface area contributed by atoms with Crippen LogP contribution < -0.4 is 10.9 Å². The summed E-state index contributed by atoms with van der Waals surface area (Å²) in [4.78, 5) is 34.5. The molecular formula is C26H21N5O2S. The van der Waals surface area contributed by atoms with E-state index in [2.05, 4.69) is 15.4 Å². The second-order valence-electron chi connectivity index (χ2n) is 8.34. The molecule has 0 saturated heterocycles. The van der Waals surface area contributed by atoms with Crippen molar-refractivity contribution in [2.24, 2.45) is 0 Å². The number of hydrogen-bond donors (Lipinski definition) is 2. The summed E-state index contributed by atoms with van der Waals surface area (Å²) in [6.45, 7) is 0. The van der Waals surface area contributed by atoms with Crippen LogP contribution in [0.15, 0.2) is 70.8 Å². The van der Waals surface area contributed by atoms with Gasteiger partial charge in [0.1, 0.15) is 11.5 Å². The van der Waals surface area contributed by atoms with E-state index in [1.54, 1.807) is 17.4 Å². The minimum Gasteiger partial charge on any atom is -0.306 e. The summed E-state index contributed by atoms with van der Waals surface area (Å²) < 4.78 is 1.52. The number of anilines is 1. The fraction of sp³-hybridized carbons (Fsp3) is 0.154. The Bertz CT molecular complexity index is 1580. The molecule has 3 aromatic heterocycles. The normalized spacial score (nSPS) is 13.1. The third-order valence-electron chi connectivity index (χ3n) is 6.12. The molecule has 1 amide bonds. The molecular weight excluding hydrogens is 446 g/mol. The van der Waals surface area contributed by atoms with Gasteiger partial charge in [-0.05, 0) is 60.0 Å². The highest BCUT2D eigenvalue weighted by molar-refractivity contribution is 7.13. The van der Waals surface area contributed by atoms with Gasteiger partial charge in [0.2, 0.25) is 5.95 Å². The first-order valence-corrected chi connectivity index (χ1v) is 12.1. The molecule has 0 radical (unpaired) electrons. The lowest BCUT2D eigenvalue weighted by Gasteiger charge is -2.15. The summed E-state index contributed by atoms with van der Waals surface area (Å²) in [7, 11) is 0. The van der Waals surface area contributed by atoms with Crippen LogP contribution in [-0.2, 0) is 12.8 Å². The van der Waals surface area contributed by atoms with Gasteiger partial charge in [0.05, 0.1) is 10.6 Å². The number of carbonyl (C=O) groups excluding carboxylic acids is 1. The van der Waals surface area contributed by atoms with Gasteiger partial charge in [-0.3, -0.25) is 14.6 Å². The molecule has 0 unspecified atom stereocenters. The first-order valence-electron chi connectivity index (χ1n) is 11.2. The second-order valence-corrected chi connectivity index (χ2v) is 9.29. The smallest absolute Gasteiger partial charge is 0.256 e. The number of thiophene rings is 1. The summed E-state index contributed by atoms with van der Waals surface area (Å²) in [6, 6.07) is 19.2. The zero-order valence-electron chi connectivity index (χ0n) is 18.2. The molecule has 3 heterocycles. The molecule has 0 fully saturated rings. The van der Waals surface area contributed by atoms with Gasteiger partial charge < -0.3 is 5.32 Å². The molecule has 1 aliphatic carbocycles. The Balaban J connectivity index is 1.42. The molecule has 2 aromatic carbocycles. The van der Waals surface area contributed by atoms with Crippen molar-refractivity contribution in [2.75, 3.05) is 5.32 Å². The van der Waals surface area contributed by atoms with Gasteiger partial charge in [0, 0.05) is 17.2 Å². The van der Waals surface area contributed by atoms with Crippen LogP contribution in [-0.4, -0.2) is 25.7 Å². The van der Waals surface area contributed by atoms with Gasteiger partial charge in [-0.15, -0.1) is 11.3 Å². The van der Waals surface area contributed by atoms with E-state index in [4.69, 9.17) is 4.98 Å². The van der Waals surface area contributed by atoms with E-state index in [9.17, 15) is 9.59 Å². The number of benzene rings is 2. The molecule has 168 valence electrons. The Kier molecular flexibility index (Phi) is 5.07. The predicted octanol–water partition coefficient (Wildman–Crippen LogP) is 4.97. The third kappa shape index (κ3) is 3.72. The first-order chi connectivity index (χ1) is 16.7. The topological polar surface area (TPSA) is 92.7 Å². The number of aryl methyl sites for hydroxylation is 1. The van der Waals surface area contributed by atoms with E-state index >= 15 is 0 Å². The Labute approximate surface area is 199 Å². The van der Waals surface area contributed by atoms with Gasteiger partial charge in [0.15, 0.2) is 0 Å². The predicted molar refractivity (Wildman–Crippen MR) is 134 cm³/mol. The summed E-state index contributed by atoms with van der Waals surface area (Å²) >= 11 is 1.56. The highest BCUT2D eigenvalue weighted by Gasteiger charge is 2.20. The fourth-order valence-corrected chi connectivity index (χ4v) is 5.07. The monoisotopic (exact) mass is 467 g/mol. The highest BCUT2D eigenvalue weighted by atomic mass is 32.1. The van der Waals surface area contributed by atoms with Gasteiger partial charge in [-0.25, -0.2) is 4.98 Å². The van der Waals surface area contributed by atoms with Crippen molar-refractivity contribution in [2.45, 2.75) is 25.7 Å². The number of amides is 1. The van der Waals surface area contributed by atoms with Crippen LogP contribution in [0.3, 0.4) is 0 Å². The summed E-state index contributed by atoms with van der Waals surface area (Å²) in [5, 5.41) is 11.7. The van der Waals surface area contributed by atoms with Crippen LogP contribution in [0.2, 0.25) is 0 Å². The van der Waals surface area contributed by atoms with Crippen molar-refractivity contribution in [3.05, 3.63) is 93.2 Å². The van der Waals surface area contributed by atoms with Gasteiger partial charge in [-0.2, -0.15) is 9.78 Å². The molecule has 0 spiro atoms. The van der Waals surface area contributed by atoms with Crippen LogP contribution in [0.25, 0.3) is 27.3 Å². The van der Waals surface area contributed by atoms with Crippen LogP contribution >= 0.6 is 11.3 Å². The lowest BCUT2D eigenvalue weighted by atomic mass is 9.97.